The van der Waals surface area contributed by atoms with Crippen LogP contribution in [0.2, 0.25) is 0 Å². The monoisotopic (exact) mass is 182 g/mol. The number of methoxy groups -OCH3 is 1. The molecule has 0 N–H and O–H groups in total. The number of fused-ring (bicyclic) bond motifs is 3. The number of ether oxygens (including phenoxy) is 1. The molecule has 13 heavy (non-hydrogen) atoms. The van der Waals surface area contributed by atoms with Crippen molar-refractivity contribution in [2.24, 2.45) is 11.3 Å². The third kappa shape index (κ3) is 1.10. The second kappa shape index (κ2) is 2.82. The fourth-order valence-corrected chi connectivity index (χ4v) is 2.62. The first-order valence-electron chi connectivity index (χ1n) is 4.81. The number of carbonyl (C=O) groups excluding carboxylic acids is 2. The highest BCUT2D eigenvalue weighted by Gasteiger charge is 2.53. The summed E-state index contributed by atoms with van der Waals surface area (Å²) < 4.78 is 4.72. The quantitative estimate of drug-likeness (QED) is 0.453. The summed E-state index contributed by atoms with van der Waals surface area (Å²) in [6.45, 7) is 0. The predicted molar refractivity (Wildman–Crippen MR) is 46.0 cm³/mol. The maximum absolute atomic E-state index is 11.7. The fourth-order valence-electron chi connectivity index (χ4n) is 2.62. The minimum absolute atomic E-state index is 0.113. The SMILES string of the molecule is COC(=O)C12CCC(CC1)CC2=O. The highest BCUT2D eigenvalue weighted by atomic mass is 16.5. The second-order valence-electron chi connectivity index (χ2n) is 4.14. The normalized spacial score (nSPS) is 37.6. The maximum atomic E-state index is 11.7. The minimum atomic E-state index is -0.747. The van der Waals surface area contributed by atoms with Crippen LogP contribution in [-0.4, -0.2) is 18.9 Å². The number of hydrogen-bond acceptors (Lipinski definition) is 3. The zero-order chi connectivity index (χ0) is 9.47. The largest absolute Gasteiger partial charge is 0.468 e. The number of hydrogen-bond donors (Lipinski definition) is 0. The van der Waals surface area contributed by atoms with Crippen molar-refractivity contribution in [2.75, 3.05) is 7.11 Å². The third-order valence-corrected chi connectivity index (χ3v) is 3.54. The zero-order valence-corrected chi connectivity index (χ0v) is 7.84. The molecule has 72 valence electrons. The maximum Gasteiger partial charge on any atom is 0.319 e. The summed E-state index contributed by atoms with van der Waals surface area (Å²) in [5.74, 6) is 0.344. The van der Waals surface area contributed by atoms with E-state index in [1.54, 1.807) is 0 Å². The topological polar surface area (TPSA) is 43.4 Å². The first kappa shape index (κ1) is 8.73. The number of Topliss-reactive ketones (excluding diaryl/α,β-unsaturated/α-hetero) is 1. The van der Waals surface area contributed by atoms with Gasteiger partial charge >= 0.3 is 5.97 Å². The van der Waals surface area contributed by atoms with Crippen LogP contribution < -0.4 is 0 Å². The number of esters is 1. The Morgan fingerprint density at radius 1 is 1.46 bits per heavy atom. The molecule has 0 spiro atoms. The van der Waals surface area contributed by atoms with Gasteiger partial charge in [0.25, 0.3) is 0 Å². The molecule has 3 rings (SSSR count). The summed E-state index contributed by atoms with van der Waals surface area (Å²) in [6.07, 6.45) is 4.04. The van der Waals surface area contributed by atoms with E-state index in [4.69, 9.17) is 4.74 Å². The van der Waals surface area contributed by atoms with Crippen LogP contribution in [0.3, 0.4) is 0 Å². The lowest BCUT2D eigenvalue weighted by molar-refractivity contribution is -0.165. The van der Waals surface area contributed by atoms with Crippen LogP contribution in [0.15, 0.2) is 0 Å². The van der Waals surface area contributed by atoms with Gasteiger partial charge in [0, 0.05) is 6.42 Å². The zero-order valence-electron chi connectivity index (χ0n) is 7.84. The molecule has 3 saturated carbocycles. The average Bonchev–Trinajstić information content (AvgIpc) is 2.18. The molecule has 0 saturated heterocycles. The highest BCUT2D eigenvalue weighted by molar-refractivity contribution is 6.04. The summed E-state index contributed by atoms with van der Waals surface area (Å²) in [5, 5.41) is 0. The molecule has 0 atom stereocenters. The van der Waals surface area contributed by atoms with E-state index in [-0.39, 0.29) is 11.8 Å². The Bertz CT molecular complexity index is 239. The molecule has 3 aliphatic rings. The van der Waals surface area contributed by atoms with E-state index in [1.165, 1.54) is 7.11 Å². The van der Waals surface area contributed by atoms with Gasteiger partial charge in [-0.15, -0.1) is 0 Å². The standard InChI is InChI=1S/C10H14O3/c1-13-9(12)10-4-2-7(3-5-10)6-8(10)11/h7H,2-6H2,1H3. The first-order valence-corrected chi connectivity index (χ1v) is 4.81. The Labute approximate surface area is 77.4 Å². The number of carbonyl (C=O) groups is 2. The second-order valence-corrected chi connectivity index (χ2v) is 4.14. The van der Waals surface area contributed by atoms with Gasteiger partial charge in [-0.2, -0.15) is 0 Å². The number of rotatable bonds is 1. The van der Waals surface area contributed by atoms with Gasteiger partial charge in [-0.05, 0) is 31.6 Å². The Balaban J connectivity index is 2.28. The number of ketones is 1. The van der Waals surface area contributed by atoms with Crippen molar-refractivity contribution in [3.63, 3.8) is 0 Å². The Morgan fingerprint density at radius 3 is 2.54 bits per heavy atom. The molecular formula is C10H14O3. The van der Waals surface area contributed by atoms with Crippen LogP contribution in [0.1, 0.15) is 32.1 Å². The highest BCUT2D eigenvalue weighted by Crippen LogP contribution is 2.48. The molecular weight excluding hydrogens is 168 g/mol. The van der Waals surface area contributed by atoms with Crippen LogP contribution in [0.5, 0.6) is 0 Å². The summed E-state index contributed by atoms with van der Waals surface area (Å²) in [4.78, 5) is 23.2. The molecule has 0 unspecified atom stereocenters. The van der Waals surface area contributed by atoms with Crippen molar-refractivity contribution in [3.8, 4) is 0 Å². The summed E-state index contributed by atoms with van der Waals surface area (Å²) in [6, 6.07) is 0. The Morgan fingerprint density at radius 2 is 2.08 bits per heavy atom. The van der Waals surface area contributed by atoms with Gasteiger partial charge in [0.05, 0.1) is 7.11 Å². The van der Waals surface area contributed by atoms with Crippen molar-refractivity contribution in [1.82, 2.24) is 0 Å². The lowest BCUT2D eigenvalue weighted by Gasteiger charge is -2.42. The van der Waals surface area contributed by atoms with E-state index in [0.29, 0.717) is 25.2 Å². The molecule has 3 fully saturated rings. The van der Waals surface area contributed by atoms with Crippen molar-refractivity contribution >= 4 is 11.8 Å². The summed E-state index contributed by atoms with van der Waals surface area (Å²) in [7, 11) is 1.37. The van der Waals surface area contributed by atoms with Gasteiger partial charge < -0.3 is 4.74 Å². The van der Waals surface area contributed by atoms with Crippen LogP contribution in [0, 0.1) is 11.3 Å². The van der Waals surface area contributed by atoms with E-state index in [1.807, 2.05) is 0 Å². The average molecular weight is 182 g/mol. The van der Waals surface area contributed by atoms with Crippen LogP contribution >= 0.6 is 0 Å². The van der Waals surface area contributed by atoms with E-state index in [9.17, 15) is 9.59 Å². The van der Waals surface area contributed by atoms with E-state index in [2.05, 4.69) is 0 Å². The van der Waals surface area contributed by atoms with Crippen LogP contribution in [0.4, 0.5) is 0 Å². The third-order valence-electron chi connectivity index (χ3n) is 3.54. The lowest BCUT2D eigenvalue weighted by Crippen LogP contribution is -2.48. The van der Waals surface area contributed by atoms with Gasteiger partial charge in [-0.25, -0.2) is 0 Å². The van der Waals surface area contributed by atoms with Crippen LogP contribution in [0.25, 0.3) is 0 Å². The molecule has 0 aromatic rings. The minimum Gasteiger partial charge on any atom is -0.468 e. The molecule has 2 bridgehead atoms. The van der Waals surface area contributed by atoms with Gasteiger partial charge in [-0.1, -0.05) is 0 Å². The molecule has 3 aliphatic carbocycles. The van der Waals surface area contributed by atoms with Crippen molar-refractivity contribution in [3.05, 3.63) is 0 Å². The van der Waals surface area contributed by atoms with E-state index in [0.717, 1.165) is 12.8 Å². The molecule has 3 heteroatoms. The fraction of sp³-hybridized carbons (Fsp3) is 0.800. The van der Waals surface area contributed by atoms with Gasteiger partial charge in [-0.3, -0.25) is 9.59 Å². The Hall–Kier alpha value is -0.860. The smallest absolute Gasteiger partial charge is 0.319 e. The molecule has 0 aromatic carbocycles. The van der Waals surface area contributed by atoms with Gasteiger partial charge in [0.1, 0.15) is 11.2 Å². The predicted octanol–water partition coefficient (Wildman–Crippen LogP) is 1.31. The van der Waals surface area contributed by atoms with Gasteiger partial charge in [0.2, 0.25) is 0 Å². The molecule has 0 aliphatic heterocycles. The molecule has 0 amide bonds. The molecule has 0 radical (unpaired) electrons. The Kier molecular flexibility index (Phi) is 1.90. The summed E-state index contributed by atoms with van der Waals surface area (Å²) in [5.41, 5.74) is -0.747. The van der Waals surface area contributed by atoms with E-state index < -0.39 is 5.41 Å². The molecule has 0 aromatic heterocycles. The lowest BCUT2D eigenvalue weighted by atomic mass is 9.60. The molecule has 3 nitrogen and oxygen atoms in total. The van der Waals surface area contributed by atoms with E-state index >= 15 is 0 Å². The van der Waals surface area contributed by atoms with Crippen molar-refractivity contribution in [2.45, 2.75) is 32.1 Å². The molecule has 0 heterocycles. The summed E-state index contributed by atoms with van der Waals surface area (Å²) >= 11 is 0. The van der Waals surface area contributed by atoms with Crippen molar-refractivity contribution in [1.29, 1.82) is 0 Å². The van der Waals surface area contributed by atoms with Crippen LogP contribution in [-0.2, 0) is 14.3 Å². The van der Waals surface area contributed by atoms with Crippen molar-refractivity contribution < 1.29 is 14.3 Å². The first-order chi connectivity index (χ1) is 6.19. The van der Waals surface area contributed by atoms with Gasteiger partial charge in [0.15, 0.2) is 0 Å².